The predicted molar refractivity (Wildman–Crippen MR) is 45.9 cm³/mol. The van der Waals surface area contributed by atoms with Crippen molar-refractivity contribution in [3.8, 4) is 0 Å². The molecule has 1 rings (SSSR count). The van der Waals surface area contributed by atoms with Gasteiger partial charge >= 0.3 is 0 Å². The quantitative estimate of drug-likeness (QED) is 0.676. The molecule has 1 aromatic heterocycles. The lowest BCUT2D eigenvalue weighted by Crippen LogP contribution is -2.02. The van der Waals surface area contributed by atoms with E-state index in [2.05, 4.69) is 16.9 Å². The van der Waals surface area contributed by atoms with E-state index in [1.807, 2.05) is 12.1 Å². The number of hydrogen-bond acceptors (Lipinski definition) is 3. The van der Waals surface area contributed by atoms with Crippen molar-refractivity contribution in [3.63, 3.8) is 0 Å². The fourth-order valence-corrected chi connectivity index (χ4v) is 0.830. The van der Waals surface area contributed by atoms with Gasteiger partial charge in [-0.25, -0.2) is 4.98 Å². The fourth-order valence-electron chi connectivity index (χ4n) is 0.830. The molecule has 11 heavy (non-hydrogen) atoms. The van der Waals surface area contributed by atoms with Crippen molar-refractivity contribution in [3.05, 3.63) is 36.7 Å². The van der Waals surface area contributed by atoms with Crippen molar-refractivity contribution in [1.82, 2.24) is 4.98 Å². The maximum Gasteiger partial charge on any atom is 0.134 e. The van der Waals surface area contributed by atoms with Crippen molar-refractivity contribution in [2.45, 2.75) is 6.54 Å². The number of nitrogens with zero attached hydrogens (tertiary/aromatic N) is 1. The average Bonchev–Trinajstić information content (AvgIpc) is 2.06. The van der Waals surface area contributed by atoms with Crippen LogP contribution >= 0.6 is 0 Å². The molecular weight excluding hydrogens is 138 g/mol. The lowest BCUT2D eigenvalue weighted by molar-refractivity contribution is 1.05. The van der Waals surface area contributed by atoms with Crippen molar-refractivity contribution in [1.29, 1.82) is 0 Å². The van der Waals surface area contributed by atoms with Crippen molar-refractivity contribution in [2.75, 3.05) is 5.32 Å². The van der Waals surface area contributed by atoms with Gasteiger partial charge in [0.05, 0.1) is 0 Å². The lowest BCUT2D eigenvalue weighted by Gasteiger charge is -2.03. The molecule has 58 valence electrons. The van der Waals surface area contributed by atoms with Crippen LogP contribution in [0.5, 0.6) is 0 Å². The van der Waals surface area contributed by atoms with E-state index in [0.29, 0.717) is 6.54 Å². The molecule has 0 aromatic carbocycles. The number of aromatic nitrogens is 1. The Morgan fingerprint density at radius 1 is 1.73 bits per heavy atom. The van der Waals surface area contributed by atoms with Gasteiger partial charge in [0.15, 0.2) is 0 Å². The van der Waals surface area contributed by atoms with Crippen molar-refractivity contribution >= 4 is 5.82 Å². The second-order valence-electron chi connectivity index (χ2n) is 2.06. The summed E-state index contributed by atoms with van der Waals surface area (Å²) >= 11 is 0. The second kappa shape index (κ2) is 3.73. The van der Waals surface area contributed by atoms with E-state index in [9.17, 15) is 0 Å². The molecular formula is C8H11N3. The Balaban J connectivity index is 2.92. The standard InChI is InChI=1S/C8H11N3/c1-2-10-8-7(6-9)4-3-5-11-8/h2-5H,1,6,9H2,(H,10,11). The lowest BCUT2D eigenvalue weighted by atomic mass is 10.2. The topological polar surface area (TPSA) is 50.9 Å². The van der Waals surface area contributed by atoms with Gasteiger partial charge in [-0.2, -0.15) is 0 Å². The first-order valence-electron chi connectivity index (χ1n) is 3.40. The third-order valence-electron chi connectivity index (χ3n) is 1.35. The summed E-state index contributed by atoms with van der Waals surface area (Å²) in [4.78, 5) is 4.08. The van der Waals surface area contributed by atoms with E-state index >= 15 is 0 Å². The summed E-state index contributed by atoms with van der Waals surface area (Å²) in [6.45, 7) is 4.03. The second-order valence-corrected chi connectivity index (χ2v) is 2.06. The van der Waals surface area contributed by atoms with E-state index in [1.54, 1.807) is 12.4 Å². The van der Waals surface area contributed by atoms with E-state index in [-0.39, 0.29) is 0 Å². The summed E-state index contributed by atoms with van der Waals surface area (Å²) in [5.74, 6) is 0.782. The molecule has 0 aliphatic heterocycles. The maximum atomic E-state index is 5.47. The van der Waals surface area contributed by atoms with E-state index in [4.69, 9.17) is 5.73 Å². The van der Waals surface area contributed by atoms with Gasteiger partial charge in [-0.1, -0.05) is 12.6 Å². The van der Waals surface area contributed by atoms with E-state index in [0.717, 1.165) is 11.4 Å². The van der Waals surface area contributed by atoms with E-state index < -0.39 is 0 Å². The van der Waals surface area contributed by atoms with Crippen LogP contribution in [0.25, 0.3) is 0 Å². The third-order valence-corrected chi connectivity index (χ3v) is 1.35. The van der Waals surface area contributed by atoms with Gasteiger partial charge in [0, 0.05) is 18.3 Å². The van der Waals surface area contributed by atoms with Crippen LogP contribution in [0.1, 0.15) is 5.56 Å². The van der Waals surface area contributed by atoms with Gasteiger partial charge in [0.2, 0.25) is 0 Å². The zero-order chi connectivity index (χ0) is 8.10. The Morgan fingerprint density at radius 3 is 3.18 bits per heavy atom. The van der Waals surface area contributed by atoms with Crippen LogP contribution in [0.4, 0.5) is 5.82 Å². The normalized spacial score (nSPS) is 9.18. The number of nitrogens with one attached hydrogen (secondary N) is 1. The van der Waals surface area contributed by atoms with Crippen LogP contribution in [-0.4, -0.2) is 4.98 Å². The Kier molecular flexibility index (Phi) is 2.63. The van der Waals surface area contributed by atoms with Crippen LogP contribution in [0.15, 0.2) is 31.1 Å². The molecule has 3 heteroatoms. The van der Waals surface area contributed by atoms with Gasteiger partial charge in [0.25, 0.3) is 0 Å². The Hall–Kier alpha value is -1.35. The number of rotatable bonds is 3. The van der Waals surface area contributed by atoms with Crippen LogP contribution in [0, 0.1) is 0 Å². The predicted octanol–water partition coefficient (Wildman–Crippen LogP) is 1.10. The third kappa shape index (κ3) is 1.78. The summed E-state index contributed by atoms with van der Waals surface area (Å²) < 4.78 is 0. The molecule has 0 saturated heterocycles. The summed E-state index contributed by atoms with van der Waals surface area (Å²) in [5.41, 5.74) is 6.46. The van der Waals surface area contributed by atoms with Crippen LogP contribution < -0.4 is 11.1 Å². The maximum absolute atomic E-state index is 5.47. The molecule has 0 bridgehead atoms. The summed E-state index contributed by atoms with van der Waals surface area (Å²) in [7, 11) is 0. The SMILES string of the molecule is C=CNc1ncccc1CN. The van der Waals surface area contributed by atoms with Crippen molar-refractivity contribution < 1.29 is 0 Å². The molecule has 1 aromatic rings. The van der Waals surface area contributed by atoms with Gasteiger partial charge in [0.1, 0.15) is 5.82 Å². The van der Waals surface area contributed by atoms with E-state index in [1.165, 1.54) is 0 Å². The smallest absolute Gasteiger partial charge is 0.134 e. The Morgan fingerprint density at radius 2 is 2.55 bits per heavy atom. The van der Waals surface area contributed by atoms with Crippen molar-refractivity contribution in [2.24, 2.45) is 5.73 Å². The number of anilines is 1. The molecule has 0 atom stereocenters. The Bertz CT molecular complexity index is 245. The van der Waals surface area contributed by atoms with Gasteiger partial charge in [-0.05, 0) is 12.3 Å². The minimum absolute atomic E-state index is 0.490. The largest absolute Gasteiger partial charge is 0.347 e. The number of pyridine rings is 1. The molecule has 3 N–H and O–H groups in total. The molecule has 0 aliphatic rings. The highest BCUT2D eigenvalue weighted by molar-refractivity contribution is 5.45. The summed E-state index contributed by atoms with van der Waals surface area (Å²) in [6, 6.07) is 3.79. The molecule has 0 radical (unpaired) electrons. The minimum atomic E-state index is 0.490. The molecule has 0 fully saturated rings. The van der Waals surface area contributed by atoms with Gasteiger partial charge in [-0.3, -0.25) is 0 Å². The van der Waals surface area contributed by atoms with Gasteiger partial charge < -0.3 is 11.1 Å². The highest BCUT2D eigenvalue weighted by atomic mass is 15.0. The molecule has 0 amide bonds. The number of nitrogens with two attached hydrogens (primary N) is 1. The minimum Gasteiger partial charge on any atom is -0.347 e. The number of hydrogen-bond donors (Lipinski definition) is 2. The summed E-state index contributed by atoms with van der Waals surface area (Å²) in [5, 5.41) is 2.90. The monoisotopic (exact) mass is 149 g/mol. The fraction of sp³-hybridized carbons (Fsp3) is 0.125. The zero-order valence-corrected chi connectivity index (χ0v) is 6.25. The molecule has 1 heterocycles. The summed E-state index contributed by atoms with van der Waals surface area (Å²) in [6.07, 6.45) is 3.30. The van der Waals surface area contributed by atoms with Crippen LogP contribution in [0.3, 0.4) is 0 Å². The molecule has 0 aliphatic carbocycles. The van der Waals surface area contributed by atoms with Gasteiger partial charge in [-0.15, -0.1) is 0 Å². The molecule has 0 spiro atoms. The molecule has 0 saturated carbocycles. The van der Waals surface area contributed by atoms with Crippen LogP contribution in [-0.2, 0) is 6.54 Å². The highest BCUT2D eigenvalue weighted by Gasteiger charge is 1.96. The molecule has 3 nitrogen and oxygen atoms in total. The first-order valence-corrected chi connectivity index (χ1v) is 3.40. The Labute approximate surface area is 65.9 Å². The zero-order valence-electron chi connectivity index (χ0n) is 6.25. The first kappa shape index (κ1) is 7.75. The highest BCUT2D eigenvalue weighted by Crippen LogP contribution is 2.09. The van der Waals surface area contributed by atoms with Crippen LogP contribution in [0.2, 0.25) is 0 Å². The molecule has 0 unspecified atom stereocenters. The average molecular weight is 149 g/mol. The first-order chi connectivity index (χ1) is 5.38.